The predicted molar refractivity (Wildman–Crippen MR) is 86.9 cm³/mol. The molecule has 0 saturated heterocycles. The maximum absolute atomic E-state index is 12.0. The molecule has 1 rings (SSSR count). The fourth-order valence-corrected chi connectivity index (χ4v) is 2.17. The van der Waals surface area contributed by atoms with Gasteiger partial charge >= 0.3 is 5.97 Å². The minimum Gasteiger partial charge on any atom is -0.481 e. The number of carbonyl (C=O) groups is 3. The Hall–Kier alpha value is -2.37. The van der Waals surface area contributed by atoms with Crippen LogP contribution in [-0.2, 0) is 16.1 Å². The van der Waals surface area contributed by atoms with Crippen LogP contribution in [0.4, 0.5) is 0 Å². The van der Waals surface area contributed by atoms with E-state index < -0.39 is 12.0 Å². The Kier molecular flexibility index (Phi) is 6.75. The van der Waals surface area contributed by atoms with E-state index in [0.29, 0.717) is 12.1 Å². The fourth-order valence-electron chi connectivity index (χ4n) is 2.17. The summed E-state index contributed by atoms with van der Waals surface area (Å²) in [4.78, 5) is 36.1. The monoisotopic (exact) mass is 320 g/mol. The topological polar surface area (TPSA) is 86.7 Å². The van der Waals surface area contributed by atoms with Gasteiger partial charge < -0.3 is 15.3 Å². The van der Waals surface area contributed by atoms with E-state index in [-0.39, 0.29) is 24.2 Å². The SMILES string of the molecule is CC(CC(=O)O)NC(=O)c1ccc(CN(C)C(=O)C(C)C)cc1. The number of carboxylic acid groups (broad SMARTS) is 1. The number of rotatable bonds is 7. The quantitative estimate of drug-likeness (QED) is 0.803. The first kappa shape index (κ1) is 18.7. The first-order chi connectivity index (χ1) is 10.7. The molecule has 1 atom stereocenters. The van der Waals surface area contributed by atoms with Crippen LogP contribution in [0.1, 0.15) is 43.1 Å². The van der Waals surface area contributed by atoms with Crippen LogP contribution in [-0.4, -0.2) is 40.9 Å². The third-order valence-electron chi connectivity index (χ3n) is 3.36. The zero-order valence-corrected chi connectivity index (χ0v) is 14.0. The van der Waals surface area contributed by atoms with Crippen LogP contribution in [0.2, 0.25) is 0 Å². The number of carbonyl (C=O) groups excluding carboxylic acids is 2. The largest absolute Gasteiger partial charge is 0.481 e. The van der Waals surface area contributed by atoms with Crippen molar-refractivity contribution in [2.24, 2.45) is 5.92 Å². The van der Waals surface area contributed by atoms with E-state index in [1.165, 1.54) is 0 Å². The van der Waals surface area contributed by atoms with Gasteiger partial charge in [0, 0.05) is 31.1 Å². The summed E-state index contributed by atoms with van der Waals surface area (Å²) in [6, 6.07) is 6.49. The normalized spacial score (nSPS) is 11.9. The lowest BCUT2D eigenvalue weighted by atomic mass is 10.1. The lowest BCUT2D eigenvalue weighted by Gasteiger charge is -2.19. The van der Waals surface area contributed by atoms with Crippen LogP contribution in [0.25, 0.3) is 0 Å². The molecule has 1 aromatic rings. The Morgan fingerprint density at radius 3 is 2.17 bits per heavy atom. The first-order valence-corrected chi connectivity index (χ1v) is 7.57. The summed E-state index contributed by atoms with van der Waals surface area (Å²) in [5.74, 6) is -1.25. The molecule has 23 heavy (non-hydrogen) atoms. The van der Waals surface area contributed by atoms with E-state index in [1.54, 1.807) is 43.1 Å². The van der Waals surface area contributed by atoms with Crippen LogP contribution in [0, 0.1) is 5.92 Å². The van der Waals surface area contributed by atoms with Crippen LogP contribution < -0.4 is 5.32 Å². The van der Waals surface area contributed by atoms with E-state index in [4.69, 9.17) is 5.11 Å². The summed E-state index contributed by atoms with van der Waals surface area (Å²) >= 11 is 0. The van der Waals surface area contributed by atoms with E-state index in [9.17, 15) is 14.4 Å². The number of nitrogens with one attached hydrogen (secondary N) is 1. The van der Waals surface area contributed by atoms with Gasteiger partial charge in [-0.15, -0.1) is 0 Å². The van der Waals surface area contributed by atoms with Crippen molar-refractivity contribution in [2.75, 3.05) is 7.05 Å². The minimum absolute atomic E-state index is 0.0548. The van der Waals surface area contributed by atoms with Crippen molar-refractivity contribution in [3.05, 3.63) is 35.4 Å². The third-order valence-corrected chi connectivity index (χ3v) is 3.36. The molecule has 0 radical (unpaired) electrons. The van der Waals surface area contributed by atoms with Gasteiger partial charge in [0.05, 0.1) is 6.42 Å². The molecule has 6 nitrogen and oxygen atoms in total. The van der Waals surface area contributed by atoms with Gasteiger partial charge in [0.15, 0.2) is 0 Å². The summed E-state index contributed by atoms with van der Waals surface area (Å²) in [6.45, 7) is 5.83. The first-order valence-electron chi connectivity index (χ1n) is 7.57. The molecular weight excluding hydrogens is 296 g/mol. The molecule has 6 heteroatoms. The van der Waals surface area contributed by atoms with Crippen LogP contribution in [0.3, 0.4) is 0 Å². The van der Waals surface area contributed by atoms with E-state index in [1.807, 2.05) is 13.8 Å². The van der Waals surface area contributed by atoms with Crippen molar-refractivity contribution in [3.63, 3.8) is 0 Å². The highest BCUT2D eigenvalue weighted by Gasteiger charge is 2.14. The number of aliphatic carboxylic acids is 1. The second kappa shape index (κ2) is 8.31. The molecule has 1 unspecified atom stereocenters. The van der Waals surface area contributed by atoms with E-state index in [0.717, 1.165) is 5.56 Å². The van der Waals surface area contributed by atoms with Gasteiger partial charge in [-0.3, -0.25) is 14.4 Å². The number of carboxylic acids is 1. The molecule has 2 N–H and O–H groups in total. The second-order valence-electron chi connectivity index (χ2n) is 6.02. The van der Waals surface area contributed by atoms with Crippen LogP contribution in [0.5, 0.6) is 0 Å². The smallest absolute Gasteiger partial charge is 0.305 e. The second-order valence-corrected chi connectivity index (χ2v) is 6.02. The molecule has 0 spiro atoms. The molecule has 0 aliphatic carbocycles. The number of hydrogen-bond acceptors (Lipinski definition) is 3. The van der Waals surface area contributed by atoms with Gasteiger partial charge in [0.1, 0.15) is 0 Å². The van der Waals surface area contributed by atoms with Crippen LogP contribution >= 0.6 is 0 Å². The number of nitrogens with zero attached hydrogens (tertiary/aromatic N) is 1. The summed E-state index contributed by atoms with van der Waals surface area (Å²) < 4.78 is 0. The van der Waals surface area contributed by atoms with Crippen molar-refractivity contribution in [1.29, 1.82) is 0 Å². The Morgan fingerprint density at radius 1 is 1.13 bits per heavy atom. The number of benzene rings is 1. The fraction of sp³-hybridized carbons (Fsp3) is 0.471. The van der Waals surface area contributed by atoms with Gasteiger partial charge in [-0.05, 0) is 24.6 Å². The maximum atomic E-state index is 12.0. The molecule has 1 aromatic carbocycles. The van der Waals surface area contributed by atoms with Crippen molar-refractivity contribution in [2.45, 2.75) is 39.8 Å². The van der Waals surface area contributed by atoms with Crippen molar-refractivity contribution >= 4 is 17.8 Å². The standard InChI is InChI=1S/C17H24N2O4/c1-11(2)17(23)19(4)10-13-5-7-14(8-6-13)16(22)18-12(3)9-15(20)21/h5-8,11-12H,9-10H2,1-4H3,(H,18,22)(H,20,21). The predicted octanol–water partition coefficient (Wildman–Crippen LogP) is 1.89. The van der Waals surface area contributed by atoms with Gasteiger partial charge in [0.2, 0.25) is 5.91 Å². The highest BCUT2D eigenvalue weighted by atomic mass is 16.4. The number of amides is 2. The molecule has 0 saturated carbocycles. The molecular formula is C17H24N2O4. The highest BCUT2D eigenvalue weighted by molar-refractivity contribution is 5.94. The summed E-state index contributed by atoms with van der Waals surface area (Å²) in [5, 5.41) is 11.3. The summed E-state index contributed by atoms with van der Waals surface area (Å²) in [7, 11) is 1.75. The van der Waals surface area contributed by atoms with E-state index in [2.05, 4.69) is 5.32 Å². The zero-order valence-electron chi connectivity index (χ0n) is 14.0. The maximum Gasteiger partial charge on any atom is 0.305 e. The third kappa shape index (κ3) is 6.10. The summed E-state index contributed by atoms with van der Waals surface area (Å²) in [6.07, 6.45) is -0.119. The number of hydrogen-bond donors (Lipinski definition) is 2. The van der Waals surface area contributed by atoms with E-state index >= 15 is 0 Å². The summed E-state index contributed by atoms with van der Waals surface area (Å²) in [5.41, 5.74) is 1.39. The molecule has 0 fully saturated rings. The highest BCUT2D eigenvalue weighted by Crippen LogP contribution is 2.09. The van der Waals surface area contributed by atoms with Crippen molar-refractivity contribution in [1.82, 2.24) is 10.2 Å². The zero-order chi connectivity index (χ0) is 17.6. The Bertz CT molecular complexity index is 566. The average molecular weight is 320 g/mol. The molecule has 0 aliphatic heterocycles. The Morgan fingerprint density at radius 2 is 1.70 bits per heavy atom. The van der Waals surface area contributed by atoms with Gasteiger partial charge in [0.25, 0.3) is 5.91 Å². The average Bonchev–Trinajstić information content (AvgIpc) is 2.45. The van der Waals surface area contributed by atoms with Gasteiger partial charge in [-0.25, -0.2) is 0 Å². The molecule has 0 aromatic heterocycles. The van der Waals surface area contributed by atoms with Gasteiger partial charge in [-0.1, -0.05) is 26.0 Å². The van der Waals surface area contributed by atoms with Crippen molar-refractivity contribution in [3.8, 4) is 0 Å². The molecule has 126 valence electrons. The van der Waals surface area contributed by atoms with Crippen molar-refractivity contribution < 1.29 is 19.5 Å². The molecule has 0 heterocycles. The lowest BCUT2D eigenvalue weighted by molar-refractivity contribution is -0.137. The lowest BCUT2D eigenvalue weighted by Crippen LogP contribution is -2.34. The Labute approximate surface area is 136 Å². The minimum atomic E-state index is -0.953. The molecule has 2 amide bonds. The molecule has 0 aliphatic rings. The Balaban J connectivity index is 2.64. The van der Waals surface area contributed by atoms with Gasteiger partial charge in [-0.2, -0.15) is 0 Å². The van der Waals surface area contributed by atoms with Crippen LogP contribution in [0.15, 0.2) is 24.3 Å². The molecule has 0 bridgehead atoms.